The average Bonchev–Trinajstić information content (AvgIpc) is 2.82. The summed E-state index contributed by atoms with van der Waals surface area (Å²) in [6.45, 7) is 6.39. The summed E-state index contributed by atoms with van der Waals surface area (Å²) in [5.74, 6) is 2.19. The predicted molar refractivity (Wildman–Crippen MR) is 81.3 cm³/mol. The Labute approximate surface area is 124 Å². The molecular formula is C14H21N5S. The molecule has 0 aliphatic rings. The first-order chi connectivity index (χ1) is 9.63. The minimum atomic E-state index is 0.676. The summed E-state index contributed by atoms with van der Waals surface area (Å²) < 4.78 is 0. The van der Waals surface area contributed by atoms with Gasteiger partial charge in [0.2, 0.25) is 0 Å². The van der Waals surface area contributed by atoms with Crippen LogP contribution in [0.5, 0.6) is 0 Å². The highest BCUT2D eigenvalue weighted by Gasteiger charge is 2.03. The second-order valence-electron chi connectivity index (χ2n) is 5.16. The molecular weight excluding hydrogens is 270 g/mol. The van der Waals surface area contributed by atoms with Crippen molar-refractivity contribution in [2.75, 3.05) is 6.54 Å². The van der Waals surface area contributed by atoms with Crippen LogP contribution in [0.1, 0.15) is 25.2 Å². The number of hydrogen-bond acceptors (Lipinski definition) is 5. The van der Waals surface area contributed by atoms with Crippen molar-refractivity contribution >= 4 is 11.8 Å². The van der Waals surface area contributed by atoms with Crippen LogP contribution in [0.25, 0.3) is 0 Å². The molecule has 0 fully saturated rings. The first kappa shape index (κ1) is 15.0. The summed E-state index contributed by atoms with van der Waals surface area (Å²) in [6, 6.07) is 8.58. The summed E-state index contributed by atoms with van der Waals surface area (Å²) in [4.78, 5) is 2.73. The van der Waals surface area contributed by atoms with Gasteiger partial charge in [-0.3, -0.25) is 0 Å². The van der Waals surface area contributed by atoms with Crippen LogP contribution in [0.2, 0.25) is 0 Å². The van der Waals surface area contributed by atoms with Crippen LogP contribution in [0, 0.1) is 5.92 Å². The Bertz CT molecular complexity index is 538. The van der Waals surface area contributed by atoms with Gasteiger partial charge < -0.3 is 5.32 Å². The standard InChI is InChI=1S/C14H21N5S/c1-11(2)8-15-9-12-5-4-6-13(7-12)20-10-14-16-18-19(3)17-14/h4-7,11,15H,8-10H2,1-3H3. The molecule has 0 radical (unpaired) electrons. The van der Waals surface area contributed by atoms with Crippen molar-refractivity contribution < 1.29 is 0 Å². The number of nitrogens with zero attached hydrogens (tertiary/aromatic N) is 4. The van der Waals surface area contributed by atoms with E-state index in [-0.39, 0.29) is 0 Å². The number of rotatable bonds is 7. The van der Waals surface area contributed by atoms with E-state index in [1.807, 2.05) is 0 Å². The molecule has 1 aromatic carbocycles. The molecule has 20 heavy (non-hydrogen) atoms. The second kappa shape index (κ2) is 7.40. The number of hydrogen-bond donors (Lipinski definition) is 1. The fourth-order valence-corrected chi connectivity index (χ4v) is 2.60. The zero-order chi connectivity index (χ0) is 14.4. The molecule has 1 N–H and O–H groups in total. The number of aryl methyl sites for hydroxylation is 1. The van der Waals surface area contributed by atoms with Crippen LogP contribution >= 0.6 is 11.8 Å². The molecule has 0 spiro atoms. The maximum Gasteiger partial charge on any atom is 0.184 e. The van der Waals surface area contributed by atoms with Gasteiger partial charge in [0.25, 0.3) is 0 Å². The van der Waals surface area contributed by atoms with E-state index < -0.39 is 0 Å². The zero-order valence-corrected chi connectivity index (χ0v) is 13.0. The van der Waals surface area contributed by atoms with Crippen molar-refractivity contribution in [3.63, 3.8) is 0 Å². The lowest BCUT2D eigenvalue weighted by molar-refractivity contribution is 0.552. The van der Waals surface area contributed by atoms with Gasteiger partial charge in [-0.15, -0.1) is 22.0 Å². The van der Waals surface area contributed by atoms with Gasteiger partial charge in [0.1, 0.15) is 0 Å². The number of thioether (sulfide) groups is 1. The average molecular weight is 291 g/mol. The highest BCUT2D eigenvalue weighted by molar-refractivity contribution is 7.98. The lowest BCUT2D eigenvalue weighted by Crippen LogP contribution is -2.18. The predicted octanol–water partition coefficient (Wildman–Crippen LogP) is 2.25. The highest BCUT2D eigenvalue weighted by Crippen LogP contribution is 2.22. The monoisotopic (exact) mass is 291 g/mol. The van der Waals surface area contributed by atoms with Crippen LogP contribution in [0.4, 0.5) is 0 Å². The minimum absolute atomic E-state index is 0.676. The van der Waals surface area contributed by atoms with Crippen LogP contribution in [-0.2, 0) is 19.3 Å². The van der Waals surface area contributed by atoms with Crippen LogP contribution in [-0.4, -0.2) is 26.8 Å². The summed E-state index contributed by atoms with van der Waals surface area (Å²) in [6.07, 6.45) is 0. The van der Waals surface area contributed by atoms with Crippen LogP contribution in [0.15, 0.2) is 29.2 Å². The number of benzene rings is 1. The van der Waals surface area contributed by atoms with E-state index in [9.17, 15) is 0 Å². The minimum Gasteiger partial charge on any atom is -0.312 e. The molecule has 2 aromatic rings. The largest absolute Gasteiger partial charge is 0.312 e. The summed E-state index contributed by atoms with van der Waals surface area (Å²) in [5.41, 5.74) is 1.31. The van der Waals surface area contributed by atoms with E-state index in [1.54, 1.807) is 18.8 Å². The molecule has 1 aromatic heterocycles. The molecule has 0 saturated carbocycles. The first-order valence-corrected chi connectivity index (χ1v) is 7.77. The zero-order valence-electron chi connectivity index (χ0n) is 12.2. The number of nitrogens with one attached hydrogen (secondary N) is 1. The Kier molecular flexibility index (Phi) is 5.55. The van der Waals surface area contributed by atoms with Crippen molar-refractivity contribution in [1.82, 2.24) is 25.5 Å². The summed E-state index contributed by atoms with van der Waals surface area (Å²) in [5, 5.41) is 15.5. The van der Waals surface area contributed by atoms with E-state index in [4.69, 9.17) is 0 Å². The second-order valence-corrected chi connectivity index (χ2v) is 6.20. The van der Waals surface area contributed by atoms with Crippen LogP contribution < -0.4 is 5.32 Å². The van der Waals surface area contributed by atoms with Gasteiger partial charge in [-0.2, -0.15) is 4.80 Å². The number of tetrazole rings is 1. The van der Waals surface area contributed by atoms with Gasteiger partial charge in [0, 0.05) is 11.4 Å². The van der Waals surface area contributed by atoms with Gasteiger partial charge in [-0.25, -0.2) is 0 Å². The topological polar surface area (TPSA) is 55.6 Å². The molecule has 0 unspecified atom stereocenters. The molecule has 6 heteroatoms. The lowest BCUT2D eigenvalue weighted by atomic mass is 10.2. The third kappa shape index (κ3) is 4.94. The highest BCUT2D eigenvalue weighted by atomic mass is 32.2. The molecule has 0 saturated heterocycles. The molecule has 0 aliphatic heterocycles. The molecule has 0 atom stereocenters. The Hall–Kier alpha value is -1.40. The fourth-order valence-electron chi connectivity index (χ4n) is 1.78. The van der Waals surface area contributed by atoms with E-state index in [1.165, 1.54) is 15.3 Å². The van der Waals surface area contributed by atoms with Gasteiger partial charge in [0.05, 0.1) is 12.8 Å². The van der Waals surface area contributed by atoms with Crippen molar-refractivity contribution in [3.8, 4) is 0 Å². The van der Waals surface area contributed by atoms with Crippen molar-refractivity contribution in [3.05, 3.63) is 35.7 Å². The van der Waals surface area contributed by atoms with Crippen molar-refractivity contribution in [2.24, 2.45) is 13.0 Å². The first-order valence-electron chi connectivity index (χ1n) is 6.79. The maximum atomic E-state index is 4.18. The SMILES string of the molecule is CC(C)CNCc1cccc(SCc2nnn(C)n2)c1. The normalized spacial score (nSPS) is 11.2. The Morgan fingerprint density at radius 2 is 2.20 bits per heavy atom. The molecule has 0 aliphatic carbocycles. The smallest absolute Gasteiger partial charge is 0.184 e. The Morgan fingerprint density at radius 1 is 1.35 bits per heavy atom. The van der Waals surface area contributed by atoms with E-state index >= 15 is 0 Å². The molecule has 2 rings (SSSR count). The molecule has 108 valence electrons. The maximum absolute atomic E-state index is 4.18. The Morgan fingerprint density at radius 3 is 2.90 bits per heavy atom. The van der Waals surface area contributed by atoms with Crippen molar-refractivity contribution in [1.29, 1.82) is 0 Å². The third-order valence-corrected chi connectivity index (χ3v) is 3.69. The fraction of sp³-hybridized carbons (Fsp3) is 0.500. The van der Waals surface area contributed by atoms with Crippen molar-refractivity contribution in [2.45, 2.75) is 31.0 Å². The number of aromatic nitrogens is 4. The third-order valence-electron chi connectivity index (χ3n) is 2.70. The lowest BCUT2D eigenvalue weighted by Gasteiger charge is -2.08. The summed E-state index contributed by atoms with van der Waals surface area (Å²) >= 11 is 1.73. The van der Waals surface area contributed by atoms with Gasteiger partial charge in [-0.1, -0.05) is 26.0 Å². The van der Waals surface area contributed by atoms with Gasteiger partial charge in [-0.05, 0) is 35.4 Å². The van der Waals surface area contributed by atoms with E-state index in [2.05, 4.69) is 58.8 Å². The molecule has 1 heterocycles. The molecule has 0 amide bonds. The Balaban J connectivity index is 1.85. The van der Waals surface area contributed by atoms with Crippen LogP contribution in [0.3, 0.4) is 0 Å². The van der Waals surface area contributed by atoms with Gasteiger partial charge in [0.15, 0.2) is 5.82 Å². The molecule has 0 bridgehead atoms. The van der Waals surface area contributed by atoms with E-state index in [0.717, 1.165) is 24.7 Å². The van der Waals surface area contributed by atoms with E-state index in [0.29, 0.717) is 5.92 Å². The van der Waals surface area contributed by atoms with Gasteiger partial charge >= 0.3 is 0 Å². The quantitative estimate of drug-likeness (QED) is 0.793. The summed E-state index contributed by atoms with van der Waals surface area (Å²) in [7, 11) is 1.78. The molecule has 5 nitrogen and oxygen atoms in total.